The number of benzene rings is 1. The number of aliphatic hydroxyl groups is 1. The van der Waals surface area contributed by atoms with Gasteiger partial charge in [-0.25, -0.2) is 9.18 Å². The molecule has 0 aliphatic carbocycles. The van der Waals surface area contributed by atoms with Gasteiger partial charge in [0.05, 0.1) is 6.54 Å². The quantitative estimate of drug-likeness (QED) is 0.709. The van der Waals surface area contributed by atoms with Gasteiger partial charge in [0.15, 0.2) is 11.7 Å². The third kappa shape index (κ3) is 4.51. The first-order valence-corrected chi connectivity index (χ1v) is 5.86. The number of hydrogen-bond donors (Lipinski definition) is 3. The van der Waals surface area contributed by atoms with Gasteiger partial charge in [0.2, 0.25) is 0 Å². The number of carbonyl (C=O) groups is 2. The summed E-state index contributed by atoms with van der Waals surface area (Å²) in [5.41, 5.74) is -1.30. The molecule has 1 unspecified atom stereocenters. The molecule has 1 atom stereocenters. The first kappa shape index (κ1) is 15.9. The third-order valence-corrected chi connectivity index (χ3v) is 2.47. The molecule has 1 amide bonds. The molecule has 110 valence electrons. The van der Waals surface area contributed by atoms with Crippen molar-refractivity contribution in [2.24, 2.45) is 0 Å². The maximum absolute atomic E-state index is 12.7. The van der Waals surface area contributed by atoms with E-state index in [1.807, 2.05) is 0 Å². The normalized spacial score (nSPS) is 12.6. The van der Waals surface area contributed by atoms with Crippen molar-refractivity contribution in [1.29, 1.82) is 0 Å². The minimum absolute atomic E-state index is 0.297. The van der Waals surface area contributed by atoms with Gasteiger partial charge in [0, 0.05) is 0 Å². The van der Waals surface area contributed by atoms with Crippen molar-refractivity contribution in [2.75, 3.05) is 6.54 Å². The predicted octanol–water partition coefficient (Wildman–Crippen LogP) is 0.545. The number of halogens is 1. The summed E-state index contributed by atoms with van der Waals surface area (Å²) in [5, 5.41) is 19.8. The second-order valence-corrected chi connectivity index (χ2v) is 4.63. The Kier molecular flexibility index (Phi) is 5.04. The van der Waals surface area contributed by atoms with Crippen molar-refractivity contribution in [3.05, 3.63) is 30.1 Å². The number of carboxylic acid groups (broad SMARTS) is 1. The molecular formula is C13H16FNO5. The maximum atomic E-state index is 12.7. The van der Waals surface area contributed by atoms with Gasteiger partial charge in [-0.15, -0.1) is 0 Å². The van der Waals surface area contributed by atoms with Crippen molar-refractivity contribution in [1.82, 2.24) is 5.32 Å². The monoisotopic (exact) mass is 285 g/mol. The van der Waals surface area contributed by atoms with E-state index in [0.29, 0.717) is 5.75 Å². The van der Waals surface area contributed by atoms with Gasteiger partial charge in [-0.05, 0) is 38.1 Å². The lowest BCUT2D eigenvalue weighted by Crippen LogP contribution is -2.49. The minimum atomic E-state index is -1.68. The number of amides is 1. The van der Waals surface area contributed by atoms with Crippen molar-refractivity contribution >= 4 is 11.9 Å². The lowest BCUT2D eigenvalue weighted by Gasteiger charge is -2.25. The molecule has 1 rings (SSSR count). The summed E-state index contributed by atoms with van der Waals surface area (Å²) in [4.78, 5) is 22.3. The topological polar surface area (TPSA) is 95.9 Å². The first-order chi connectivity index (χ1) is 9.22. The van der Waals surface area contributed by atoms with Crippen LogP contribution in [0.15, 0.2) is 24.3 Å². The molecule has 0 bridgehead atoms. The molecule has 6 nitrogen and oxygen atoms in total. The summed E-state index contributed by atoms with van der Waals surface area (Å²) in [6, 6.07) is 5.13. The van der Waals surface area contributed by atoms with Gasteiger partial charge in [0.25, 0.3) is 5.91 Å². The number of rotatable bonds is 6. The zero-order valence-electron chi connectivity index (χ0n) is 11.1. The summed E-state index contributed by atoms with van der Waals surface area (Å²) >= 11 is 0. The fourth-order valence-corrected chi connectivity index (χ4v) is 1.33. The summed E-state index contributed by atoms with van der Waals surface area (Å²) < 4.78 is 18.1. The van der Waals surface area contributed by atoms with Crippen LogP contribution in [0.3, 0.4) is 0 Å². The van der Waals surface area contributed by atoms with E-state index >= 15 is 0 Å². The molecule has 0 heterocycles. The van der Waals surface area contributed by atoms with E-state index in [0.717, 1.165) is 0 Å². The number of aliphatic carboxylic acids is 1. The van der Waals surface area contributed by atoms with Crippen LogP contribution in [-0.4, -0.2) is 40.3 Å². The Hall–Kier alpha value is -2.15. The molecule has 1 aromatic rings. The zero-order valence-corrected chi connectivity index (χ0v) is 11.1. The van der Waals surface area contributed by atoms with E-state index in [4.69, 9.17) is 14.9 Å². The highest BCUT2D eigenvalue weighted by Crippen LogP contribution is 2.18. The van der Waals surface area contributed by atoms with E-state index in [2.05, 4.69) is 5.32 Å². The van der Waals surface area contributed by atoms with Crippen LogP contribution in [0, 0.1) is 5.82 Å². The number of carbonyl (C=O) groups excluding carboxylic acids is 1. The lowest BCUT2D eigenvalue weighted by molar-refractivity contribution is -0.147. The molecule has 3 N–H and O–H groups in total. The van der Waals surface area contributed by atoms with Crippen LogP contribution in [0.2, 0.25) is 0 Å². The fraction of sp³-hybridized carbons (Fsp3) is 0.385. The Balaban J connectivity index is 2.61. The second kappa shape index (κ2) is 6.33. The highest BCUT2D eigenvalue weighted by atomic mass is 19.1. The molecule has 0 spiro atoms. The van der Waals surface area contributed by atoms with Crippen LogP contribution in [-0.2, 0) is 9.59 Å². The van der Waals surface area contributed by atoms with E-state index in [-0.39, 0.29) is 0 Å². The van der Waals surface area contributed by atoms with Gasteiger partial charge < -0.3 is 20.3 Å². The van der Waals surface area contributed by atoms with E-state index in [1.165, 1.54) is 38.1 Å². The average molecular weight is 285 g/mol. The standard InChI is InChI=1S/C13H16FNO5/c1-13(2,12(19)15-7-10(16)11(17)18)20-9-5-3-8(14)4-6-9/h3-6,10,16H,7H2,1-2H3,(H,15,19)(H,17,18). The summed E-state index contributed by atoms with van der Waals surface area (Å²) in [7, 11) is 0. The highest BCUT2D eigenvalue weighted by Gasteiger charge is 2.30. The van der Waals surface area contributed by atoms with Crippen molar-refractivity contribution in [3.63, 3.8) is 0 Å². The molecule has 0 aliphatic heterocycles. The number of ether oxygens (including phenoxy) is 1. The number of carboxylic acids is 1. The molecule has 0 saturated heterocycles. The van der Waals surface area contributed by atoms with E-state index < -0.39 is 35.9 Å². The van der Waals surface area contributed by atoms with Crippen molar-refractivity contribution in [2.45, 2.75) is 25.6 Å². The summed E-state index contributed by atoms with van der Waals surface area (Å²) in [5.74, 6) is -2.15. The van der Waals surface area contributed by atoms with Crippen LogP contribution in [0.1, 0.15) is 13.8 Å². The SMILES string of the molecule is CC(C)(Oc1ccc(F)cc1)C(=O)NCC(O)C(=O)O. The Labute approximate surface area is 115 Å². The second-order valence-electron chi connectivity index (χ2n) is 4.63. The molecule has 7 heteroatoms. The van der Waals surface area contributed by atoms with Gasteiger partial charge >= 0.3 is 5.97 Å². The molecule has 0 aromatic heterocycles. The molecule has 0 saturated carbocycles. The van der Waals surface area contributed by atoms with Gasteiger partial charge in [0.1, 0.15) is 11.6 Å². The van der Waals surface area contributed by atoms with Crippen LogP contribution in [0.4, 0.5) is 4.39 Å². The Morgan fingerprint density at radius 1 is 1.35 bits per heavy atom. The smallest absolute Gasteiger partial charge is 0.334 e. The lowest BCUT2D eigenvalue weighted by atomic mass is 10.1. The molecule has 0 radical (unpaired) electrons. The third-order valence-electron chi connectivity index (χ3n) is 2.47. The molecule has 0 aliphatic rings. The maximum Gasteiger partial charge on any atom is 0.334 e. The van der Waals surface area contributed by atoms with Crippen molar-refractivity contribution in [3.8, 4) is 5.75 Å². The highest BCUT2D eigenvalue weighted by molar-refractivity contribution is 5.85. The largest absolute Gasteiger partial charge is 0.479 e. The fourth-order valence-electron chi connectivity index (χ4n) is 1.33. The predicted molar refractivity (Wildman–Crippen MR) is 67.8 cm³/mol. The minimum Gasteiger partial charge on any atom is -0.479 e. The van der Waals surface area contributed by atoms with Crippen LogP contribution in [0.5, 0.6) is 5.75 Å². The Bertz CT molecular complexity index is 486. The van der Waals surface area contributed by atoms with Crippen molar-refractivity contribution < 1.29 is 28.9 Å². The van der Waals surface area contributed by atoms with Gasteiger partial charge in [-0.2, -0.15) is 0 Å². The average Bonchev–Trinajstić information content (AvgIpc) is 2.37. The zero-order chi connectivity index (χ0) is 15.3. The van der Waals surface area contributed by atoms with Gasteiger partial charge in [-0.1, -0.05) is 0 Å². The first-order valence-electron chi connectivity index (χ1n) is 5.86. The molecule has 1 aromatic carbocycles. The molecule has 20 heavy (non-hydrogen) atoms. The Morgan fingerprint density at radius 2 is 1.90 bits per heavy atom. The van der Waals surface area contributed by atoms with E-state index in [1.54, 1.807) is 0 Å². The van der Waals surface area contributed by atoms with Crippen LogP contribution < -0.4 is 10.1 Å². The Morgan fingerprint density at radius 3 is 2.40 bits per heavy atom. The summed E-state index contributed by atoms with van der Waals surface area (Å²) in [6.07, 6.45) is -1.68. The number of nitrogens with one attached hydrogen (secondary N) is 1. The number of aliphatic hydroxyl groups excluding tert-OH is 1. The molecule has 0 fully saturated rings. The van der Waals surface area contributed by atoms with Crippen LogP contribution in [0.25, 0.3) is 0 Å². The summed E-state index contributed by atoms with van der Waals surface area (Å²) in [6.45, 7) is 2.52. The number of hydrogen-bond acceptors (Lipinski definition) is 4. The molecular weight excluding hydrogens is 269 g/mol. The van der Waals surface area contributed by atoms with E-state index in [9.17, 15) is 14.0 Å². The van der Waals surface area contributed by atoms with Gasteiger partial charge in [-0.3, -0.25) is 4.79 Å². The van der Waals surface area contributed by atoms with Crippen LogP contribution >= 0.6 is 0 Å².